The predicted octanol–water partition coefficient (Wildman–Crippen LogP) is 7.29. The van der Waals surface area contributed by atoms with Crippen LogP contribution in [0, 0.1) is 6.92 Å². The van der Waals surface area contributed by atoms with Crippen molar-refractivity contribution in [1.29, 1.82) is 0 Å². The number of nitrogens with one attached hydrogen (secondary N) is 1. The summed E-state index contributed by atoms with van der Waals surface area (Å²) in [6.07, 6.45) is 10.5. The Hall–Kier alpha value is -3.22. The minimum atomic E-state index is -0.237. The van der Waals surface area contributed by atoms with Crippen LogP contribution in [0.1, 0.15) is 80.1 Å². The number of urea groups is 1. The summed E-state index contributed by atoms with van der Waals surface area (Å²) >= 11 is 0. The Morgan fingerprint density at radius 1 is 0.833 bits per heavy atom. The highest BCUT2D eigenvalue weighted by atomic mass is 16.2. The number of hydrogen-bond acceptors (Lipinski definition) is 5. The van der Waals surface area contributed by atoms with E-state index in [1.54, 1.807) is 24.3 Å². The average Bonchev–Trinajstić information content (AvgIpc) is 2.89. The SMILES string of the molecule is Cc1cc(N(C)C)ccc1N=Nc1ccc(C(=O)N(C(=O)NC2CCCCC2)C2CCCCC2)cc1. The molecule has 0 atom stereocenters. The number of carbonyl (C=O) groups excluding carboxylic acids is 2. The van der Waals surface area contributed by atoms with Gasteiger partial charge in [0.05, 0.1) is 11.4 Å². The summed E-state index contributed by atoms with van der Waals surface area (Å²) in [5.74, 6) is -0.228. The van der Waals surface area contributed by atoms with E-state index in [2.05, 4.69) is 26.5 Å². The normalized spacial score (nSPS) is 17.2. The van der Waals surface area contributed by atoms with Crippen LogP contribution in [0.15, 0.2) is 52.7 Å². The molecule has 4 rings (SSSR count). The number of amides is 3. The van der Waals surface area contributed by atoms with Crippen LogP contribution in [0.3, 0.4) is 0 Å². The van der Waals surface area contributed by atoms with Crippen molar-refractivity contribution in [3.05, 3.63) is 53.6 Å². The molecule has 2 aliphatic rings. The lowest BCUT2D eigenvalue weighted by Gasteiger charge is -2.34. The molecule has 0 bridgehead atoms. The maximum absolute atomic E-state index is 13.6. The minimum absolute atomic E-state index is 0.0395. The molecule has 1 N–H and O–H groups in total. The second-order valence-corrected chi connectivity index (χ2v) is 10.4. The van der Waals surface area contributed by atoms with Crippen molar-refractivity contribution >= 4 is 29.0 Å². The van der Waals surface area contributed by atoms with E-state index in [4.69, 9.17) is 0 Å². The molecule has 2 fully saturated rings. The van der Waals surface area contributed by atoms with Gasteiger partial charge in [-0.3, -0.25) is 9.69 Å². The Balaban J connectivity index is 1.47. The lowest BCUT2D eigenvalue weighted by molar-refractivity contribution is 0.0701. The molecule has 2 aliphatic carbocycles. The Bertz CT molecular complexity index is 1070. The molecule has 7 nitrogen and oxygen atoms in total. The first kappa shape index (κ1) is 25.9. The van der Waals surface area contributed by atoms with E-state index >= 15 is 0 Å². The molecule has 0 aliphatic heterocycles. The Kier molecular flexibility index (Phi) is 8.73. The fraction of sp³-hybridized carbons (Fsp3) is 0.517. The summed E-state index contributed by atoms with van der Waals surface area (Å²) in [6.45, 7) is 2.02. The van der Waals surface area contributed by atoms with Crippen molar-refractivity contribution in [3.8, 4) is 0 Å². The first-order valence-corrected chi connectivity index (χ1v) is 13.4. The number of imide groups is 1. The molecule has 0 heterocycles. The van der Waals surface area contributed by atoms with Gasteiger partial charge in [-0.25, -0.2) is 4.79 Å². The first-order valence-electron chi connectivity index (χ1n) is 13.4. The summed E-state index contributed by atoms with van der Waals surface area (Å²) in [6, 6.07) is 13.0. The minimum Gasteiger partial charge on any atom is -0.378 e. The number of benzene rings is 2. The van der Waals surface area contributed by atoms with Gasteiger partial charge in [0.1, 0.15) is 0 Å². The molecule has 0 aromatic heterocycles. The van der Waals surface area contributed by atoms with Crippen molar-refractivity contribution < 1.29 is 9.59 Å². The van der Waals surface area contributed by atoms with Crippen LogP contribution in [0.2, 0.25) is 0 Å². The molecule has 2 aromatic rings. The molecule has 0 saturated heterocycles. The van der Waals surface area contributed by atoms with Gasteiger partial charge >= 0.3 is 6.03 Å². The van der Waals surface area contributed by atoms with E-state index in [9.17, 15) is 9.59 Å². The molecule has 192 valence electrons. The zero-order chi connectivity index (χ0) is 25.5. The van der Waals surface area contributed by atoms with Gasteiger partial charge in [0.15, 0.2) is 0 Å². The van der Waals surface area contributed by atoms with Gasteiger partial charge < -0.3 is 10.2 Å². The molecule has 0 unspecified atom stereocenters. The first-order chi connectivity index (χ1) is 17.4. The maximum atomic E-state index is 13.6. The highest BCUT2D eigenvalue weighted by Crippen LogP contribution is 2.28. The summed E-state index contributed by atoms with van der Waals surface area (Å²) < 4.78 is 0. The summed E-state index contributed by atoms with van der Waals surface area (Å²) in [4.78, 5) is 30.4. The zero-order valence-electron chi connectivity index (χ0n) is 21.9. The van der Waals surface area contributed by atoms with Crippen molar-refractivity contribution in [1.82, 2.24) is 10.2 Å². The average molecular weight is 490 g/mol. The molecule has 0 radical (unpaired) electrons. The fourth-order valence-electron chi connectivity index (χ4n) is 5.21. The second-order valence-electron chi connectivity index (χ2n) is 10.4. The van der Waals surface area contributed by atoms with Gasteiger partial charge in [-0.15, -0.1) is 0 Å². The van der Waals surface area contributed by atoms with Gasteiger partial charge in [0.25, 0.3) is 5.91 Å². The van der Waals surface area contributed by atoms with E-state index in [0.29, 0.717) is 11.3 Å². The predicted molar refractivity (Wildman–Crippen MR) is 145 cm³/mol. The van der Waals surface area contributed by atoms with Crippen LogP contribution < -0.4 is 10.2 Å². The number of nitrogens with zero attached hydrogens (tertiary/aromatic N) is 4. The van der Waals surface area contributed by atoms with Gasteiger partial charge in [-0.05, 0) is 80.6 Å². The van der Waals surface area contributed by atoms with Crippen LogP contribution in [0.4, 0.5) is 21.9 Å². The number of carbonyl (C=O) groups is 2. The lowest BCUT2D eigenvalue weighted by Crippen LogP contribution is -2.52. The summed E-state index contributed by atoms with van der Waals surface area (Å²) in [5.41, 5.74) is 4.14. The standard InChI is InChI=1S/C29H39N5O2/c1-21-20-26(33(2)3)18-19-27(21)32-31-24-16-14-22(15-17-24)28(35)34(25-12-8-5-9-13-25)29(36)30-23-10-6-4-7-11-23/h14-20,23,25H,4-13H2,1-3H3,(H,30,36). The molecule has 7 heteroatoms. The summed E-state index contributed by atoms with van der Waals surface area (Å²) in [7, 11) is 4.02. The Morgan fingerprint density at radius 2 is 1.47 bits per heavy atom. The van der Waals surface area contributed by atoms with E-state index in [1.807, 2.05) is 33.2 Å². The van der Waals surface area contributed by atoms with Crippen molar-refractivity contribution in [3.63, 3.8) is 0 Å². The van der Waals surface area contributed by atoms with Crippen LogP contribution in [0.5, 0.6) is 0 Å². The second kappa shape index (κ2) is 12.2. The highest BCUT2D eigenvalue weighted by Gasteiger charge is 2.32. The summed E-state index contributed by atoms with van der Waals surface area (Å²) in [5, 5.41) is 11.9. The quantitative estimate of drug-likeness (QED) is 0.433. The highest BCUT2D eigenvalue weighted by molar-refractivity contribution is 6.04. The van der Waals surface area contributed by atoms with Crippen LogP contribution in [-0.2, 0) is 0 Å². The third-order valence-electron chi connectivity index (χ3n) is 7.39. The molecular weight excluding hydrogens is 450 g/mol. The van der Waals surface area contributed by atoms with Crippen LogP contribution >= 0.6 is 0 Å². The third-order valence-corrected chi connectivity index (χ3v) is 7.39. The number of aryl methyl sites for hydroxylation is 1. The van der Waals surface area contributed by atoms with Gasteiger partial charge in [0, 0.05) is 37.4 Å². The number of hydrogen-bond donors (Lipinski definition) is 1. The van der Waals surface area contributed by atoms with E-state index in [1.165, 1.54) is 17.7 Å². The van der Waals surface area contributed by atoms with E-state index in [0.717, 1.165) is 68.3 Å². The monoisotopic (exact) mass is 489 g/mol. The molecule has 2 aromatic carbocycles. The van der Waals surface area contributed by atoms with Gasteiger partial charge in [-0.1, -0.05) is 38.5 Å². The van der Waals surface area contributed by atoms with Crippen LogP contribution in [0.25, 0.3) is 0 Å². The van der Waals surface area contributed by atoms with Crippen molar-refractivity contribution in [2.75, 3.05) is 19.0 Å². The Morgan fingerprint density at radius 3 is 2.08 bits per heavy atom. The molecule has 36 heavy (non-hydrogen) atoms. The van der Waals surface area contributed by atoms with Gasteiger partial charge in [0.2, 0.25) is 0 Å². The molecule has 2 saturated carbocycles. The third kappa shape index (κ3) is 6.50. The lowest BCUT2D eigenvalue weighted by atomic mass is 9.93. The smallest absolute Gasteiger partial charge is 0.324 e. The van der Waals surface area contributed by atoms with E-state index < -0.39 is 0 Å². The number of anilines is 1. The van der Waals surface area contributed by atoms with Gasteiger partial charge in [-0.2, -0.15) is 10.2 Å². The van der Waals surface area contributed by atoms with E-state index in [-0.39, 0.29) is 24.0 Å². The molecule has 3 amide bonds. The number of azo groups is 1. The van der Waals surface area contributed by atoms with Crippen molar-refractivity contribution in [2.45, 2.75) is 83.2 Å². The maximum Gasteiger partial charge on any atom is 0.324 e. The Labute approximate surface area is 215 Å². The van der Waals surface area contributed by atoms with Crippen LogP contribution in [-0.4, -0.2) is 43.0 Å². The van der Waals surface area contributed by atoms with Crippen molar-refractivity contribution in [2.24, 2.45) is 10.2 Å². The largest absolute Gasteiger partial charge is 0.378 e. The zero-order valence-corrected chi connectivity index (χ0v) is 21.9. The molecule has 0 spiro atoms. The topological polar surface area (TPSA) is 77.4 Å². The molecular formula is C29H39N5O2. The fourth-order valence-corrected chi connectivity index (χ4v) is 5.21. The number of rotatable bonds is 6.